The molecule has 0 aliphatic heterocycles. The van der Waals surface area contributed by atoms with E-state index in [9.17, 15) is 9.59 Å². The van der Waals surface area contributed by atoms with E-state index in [4.69, 9.17) is 5.11 Å². The van der Waals surface area contributed by atoms with Crippen LogP contribution in [0.1, 0.15) is 31.2 Å². The first-order valence-electron chi connectivity index (χ1n) is 5.74. The van der Waals surface area contributed by atoms with E-state index in [1.807, 2.05) is 6.92 Å². The number of carbonyl (C=O) groups excluding carboxylic acids is 1. The Morgan fingerprint density at radius 2 is 2.11 bits per heavy atom. The molecule has 1 heterocycles. The summed E-state index contributed by atoms with van der Waals surface area (Å²) in [4.78, 5) is 22.3. The topological polar surface area (TPSA) is 107 Å². The summed E-state index contributed by atoms with van der Waals surface area (Å²) in [6, 6.07) is -0.800. The Balaban J connectivity index is 2.58. The van der Waals surface area contributed by atoms with Crippen molar-refractivity contribution in [3.8, 4) is 0 Å². The number of aryl methyl sites for hydroxylation is 2. The van der Waals surface area contributed by atoms with Crippen LogP contribution in [0.5, 0.6) is 0 Å². The van der Waals surface area contributed by atoms with Gasteiger partial charge in [-0.25, -0.2) is 4.79 Å². The molecule has 0 aromatic carbocycles. The van der Waals surface area contributed by atoms with Gasteiger partial charge in [-0.2, -0.15) is 5.10 Å². The van der Waals surface area contributed by atoms with Gasteiger partial charge in [-0.3, -0.25) is 9.89 Å². The third-order valence-electron chi connectivity index (χ3n) is 2.62. The van der Waals surface area contributed by atoms with Crippen LogP contribution in [0.3, 0.4) is 0 Å². The van der Waals surface area contributed by atoms with Gasteiger partial charge in [-0.1, -0.05) is 6.92 Å². The van der Waals surface area contributed by atoms with Gasteiger partial charge in [0.1, 0.15) is 0 Å². The number of urea groups is 1. The number of hydrogen-bond donors (Lipinski definition) is 4. The summed E-state index contributed by atoms with van der Waals surface area (Å²) in [5.74, 6) is -0.933. The molecule has 0 aliphatic rings. The quantitative estimate of drug-likeness (QED) is 0.637. The summed E-state index contributed by atoms with van der Waals surface area (Å²) in [6.45, 7) is 5.39. The molecule has 0 saturated heterocycles. The highest BCUT2D eigenvalue weighted by Gasteiger charge is 2.15. The highest BCUT2D eigenvalue weighted by Crippen LogP contribution is 2.15. The average Bonchev–Trinajstić information content (AvgIpc) is 2.59. The maximum absolute atomic E-state index is 11.7. The molecule has 1 rings (SSSR count). The van der Waals surface area contributed by atoms with Crippen LogP contribution in [-0.2, 0) is 4.79 Å². The summed E-state index contributed by atoms with van der Waals surface area (Å²) in [5, 5.41) is 20.7. The van der Waals surface area contributed by atoms with Gasteiger partial charge in [0, 0.05) is 6.04 Å². The molecular weight excluding hydrogens is 236 g/mol. The Morgan fingerprint density at radius 1 is 1.44 bits per heavy atom. The molecule has 4 N–H and O–H groups in total. The molecule has 0 spiro atoms. The molecule has 0 aliphatic carbocycles. The smallest absolute Gasteiger partial charge is 0.319 e. The first-order valence-corrected chi connectivity index (χ1v) is 5.74. The normalized spacial score (nSPS) is 11.9. The fraction of sp³-hybridized carbons (Fsp3) is 0.545. The predicted molar refractivity (Wildman–Crippen MR) is 66.5 cm³/mol. The molecule has 1 aromatic rings. The Kier molecular flexibility index (Phi) is 4.70. The van der Waals surface area contributed by atoms with Crippen molar-refractivity contribution >= 4 is 17.7 Å². The van der Waals surface area contributed by atoms with Gasteiger partial charge in [0.15, 0.2) is 0 Å². The fourth-order valence-electron chi connectivity index (χ4n) is 1.58. The minimum Gasteiger partial charge on any atom is -0.481 e. The van der Waals surface area contributed by atoms with Crippen molar-refractivity contribution in [3.63, 3.8) is 0 Å². The van der Waals surface area contributed by atoms with Crippen LogP contribution in [0.15, 0.2) is 0 Å². The second-order valence-corrected chi connectivity index (χ2v) is 4.11. The molecule has 2 amide bonds. The van der Waals surface area contributed by atoms with Gasteiger partial charge in [0.05, 0.1) is 23.5 Å². The van der Waals surface area contributed by atoms with Gasteiger partial charge >= 0.3 is 12.0 Å². The summed E-state index contributed by atoms with van der Waals surface area (Å²) < 4.78 is 0. The summed E-state index contributed by atoms with van der Waals surface area (Å²) in [7, 11) is 0. The number of carboxylic acids is 1. The van der Waals surface area contributed by atoms with E-state index in [0.717, 1.165) is 5.69 Å². The third-order valence-corrected chi connectivity index (χ3v) is 2.62. The summed E-state index contributed by atoms with van der Waals surface area (Å²) >= 11 is 0. The molecule has 18 heavy (non-hydrogen) atoms. The number of aliphatic carboxylic acids is 1. The molecule has 0 saturated carbocycles. The minimum absolute atomic E-state index is 0.0900. The maximum Gasteiger partial charge on any atom is 0.319 e. The molecule has 1 aromatic heterocycles. The summed E-state index contributed by atoms with van der Waals surface area (Å²) in [5.41, 5.74) is 2.07. The Bertz CT molecular complexity index is 422. The highest BCUT2D eigenvalue weighted by molar-refractivity contribution is 5.90. The largest absolute Gasteiger partial charge is 0.481 e. The SMILES string of the molecule is CCC(CC(=O)O)NC(=O)Nc1c(C)n[nH]c1C. The van der Waals surface area contributed by atoms with Crippen molar-refractivity contribution in [1.29, 1.82) is 0 Å². The standard InChI is InChI=1S/C11H18N4O3/c1-4-8(5-9(16)17)12-11(18)13-10-6(2)14-15-7(10)3/h8H,4-5H2,1-3H3,(H,14,15)(H,16,17)(H2,12,13,18). The Labute approximate surface area is 105 Å². The molecule has 1 atom stereocenters. The van der Waals surface area contributed by atoms with Gasteiger partial charge in [-0.15, -0.1) is 0 Å². The van der Waals surface area contributed by atoms with Crippen molar-refractivity contribution in [2.45, 2.75) is 39.7 Å². The van der Waals surface area contributed by atoms with E-state index >= 15 is 0 Å². The monoisotopic (exact) mass is 254 g/mol. The molecule has 0 bridgehead atoms. The van der Waals surface area contributed by atoms with Crippen molar-refractivity contribution in [2.75, 3.05) is 5.32 Å². The average molecular weight is 254 g/mol. The first-order chi connectivity index (χ1) is 8.43. The number of nitrogens with zero attached hydrogens (tertiary/aromatic N) is 1. The number of carbonyl (C=O) groups is 2. The Morgan fingerprint density at radius 3 is 2.56 bits per heavy atom. The predicted octanol–water partition coefficient (Wildman–Crippen LogP) is 1.40. The van der Waals surface area contributed by atoms with Crippen molar-refractivity contribution < 1.29 is 14.7 Å². The Hall–Kier alpha value is -2.05. The van der Waals surface area contributed by atoms with E-state index < -0.39 is 12.0 Å². The zero-order valence-corrected chi connectivity index (χ0v) is 10.7. The molecule has 0 fully saturated rings. The van der Waals surface area contributed by atoms with E-state index in [1.54, 1.807) is 13.8 Å². The van der Waals surface area contributed by atoms with Crippen LogP contribution in [0, 0.1) is 13.8 Å². The minimum atomic E-state index is -0.933. The number of carboxylic acid groups (broad SMARTS) is 1. The number of aromatic nitrogens is 2. The second kappa shape index (κ2) is 6.04. The molecule has 0 radical (unpaired) electrons. The summed E-state index contributed by atoms with van der Waals surface area (Å²) in [6.07, 6.45) is 0.469. The lowest BCUT2D eigenvalue weighted by Gasteiger charge is -2.15. The molecular formula is C11H18N4O3. The van der Waals surface area contributed by atoms with E-state index in [-0.39, 0.29) is 12.5 Å². The number of rotatable bonds is 5. The van der Waals surface area contributed by atoms with E-state index in [1.165, 1.54) is 0 Å². The molecule has 7 heteroatoms. The van der Waals surface area contributed by atoms with Crippen LogP contribution in [0.4, 0.5) is 10.5 Å². The van der Waals surface area contributed by atoms with Gasteiger partial charge in [0.2, 0.25) is 0 Å². The molecule has 1 unspecified atom stereocenters. The number of anilines is 1. The van der Waals surface area contributed by atoms with Crippen LogP contribution in [0.25, 0.3) is 0 Å². The number of amides is 2. The van der Waals surface area contributed by atoms with Crippen molar-refractivity contribution in [1.82, 2.24) is 15.5 Å². The van der Waals surface area contributed by atoms with Crippen molar-refractivity contribution in [3.05, 3.63) is 11.4 Å². The van der Waals surface area contributed by atoms with Crippen LogP contribution < -0.4 is 10.6 Å². The second-order valence-electron chi connectivity index (χ2n) is 4.11. The zero-order valence-electron chi connectivity index (χ0n) is 10.7. The van der Waals surface area contributed by atoms with E-state index in [0.29, 0.717) is 17.8 Å². The number of hydrogen-bond acceptors (Lipinski definition) is 3. The maximum atomic E-state index is 11.7. The lowest BCUT2D eigenvalue weighted by molar-refractivity contribution is -0.137. The lowest BCUT2D eigenvalue weighted by atomic mass is 10.1. The van der Waals surface area contributed by atoms with Crippen molar-refractivity contribution in [2.24, 2.45) is 0 Å². The molecule has 7 nitrogen and oxygen atoms in total. The molecule has 100 valence electrons. The van der Waals surface area contributed by atoms with Gasteiger partial charge in [0.25, 0.3) is 0 Å². The van der Waals surface area contributed by atoms with Crippen LogP contribution in [-0.4, -0.2) is 33.3 Å². The van der Waals surface area contributed by atoms with E-state index in [2.05, 4.69) is 20.8 Å². The van der Waals surface area contributed by atoms with Crippen LogP contribution in [0.2, 0.25) is 0 Å². The van der Waals surface area contributed by atoms with Crippen LogP contribution >= 0.6 is 0 Å². The zero-order chi connectivity index (χ0) is 13.7. The first kappa shape index (κ1) is 14.0. The number of H-pyrrole nitrogens is 1. The van der Waals surface area contributed by atoms with Gasteiger partial charge < -0.3 is 15.7 Å². The van der Waals surface area contributed by atoms with Gasteiger partial charge in [-0.05, 0) is 20.3 Å². The number of nitrogens with one attached hydrogen (secondary N) is 3. The number of aromatic amines is 1. The lowest BCUT2D eigenvalue weighted by Crippen LogP contribution is -2.39. The third kappa shape index (κ3) is 3.76. The fourth-order valence-corrected chi connectivity index (χ4v) is 1.58. The highest BCUT2D eigenvalue weighted by atomic mass is 16.4.